The summed E-state index contributed by atoms with van der Waals surface area (Å²) in [5.74, 6) is 1.52. The van der Waals surface area contributed by atoms with Crippen LogP contribution in [0.1, 0.15) is 11.5 Å². The van der Waals surface area contributed by atoms with Crippen LogP contribution in [0.3, 0.4) is 0 Å². The number of sulfonamides is 1. The Balaban J connectivity index is 2.20. The Bertz CT molecular complexity index is 760. The lowest BCUT2D eigenvalue weighted by molar-refractivity contribution is 0.458. The Morgan fingerprint density at radius 3 is 2.41 bits per heavy atom. The normalized spacial score (nSPS) is 11.3. The predicted molar refractivity (Wildman–Crippen MR) is 84.4 cm³/mol. The van der Waals surface area contributed by atoms with Crippen LogP contribution in [0.2, 0.25) is 0 Å². The highest BCUT2D eigenvalue weighted by Crippen LogP contribution is 2.24. The topological polar surface area (TPSA) is 98.4 Å². The van der Waals surface area contributed by atoms with Crippen molar-refractivity contribution in [3.8, 4) is 11.6 Å². The molecule has 0 aliphatic heterocycles. The maximum absolute atomic E-state index is 11.5. The number of aryl methyl sites for hydroxylation is 1. The van der Waals surface area contributed by atoms with E-state index in [2.05, 4.69) is 9.97 Å². The first-order chi connectivity index (χ1) is 10.3. The molecule has 0 amide bonds. The van der Waals surface area contributed by atoms with Crippen LogP contribution in [0, 0.1) is 6.92 Å². The SMILES string of the molecule is Cc1nc(CN)cc(Oc2ccc(N(C)S(C)(=O)=O)cc2)n1. The molecule has 2 rings (SSSR count). The van der Waals surface area contributed by atoms with E-state index >= 15 is 0 Å². The highest BCUT2D eigenvalue weighted by atomic mass is 32.2. The maximum atomic E-state index is 11.5. The zero-order valence-electron chi connectivity index (χ0n) is 12.6. The second-order valence-electron chi connectivity index (χ2n) is 4.78. The number of hydrogen-bond acceptors (Lipinski definition) is 6. The summed E-state index contributed by atoms with van der Waals surface area (Å²) in [4.78, 5) is 8.35. The van der Waals surface area contributed by atoms with Crippen molar-refractivity contribution in [2.75, 3.05) is 17.6 Å². The lowest BCUT2D eigenvalue weighted by atomic mass is 10.3. The van der Waals surface area contributed by atoms with Gasteiger partial charge in [0, 0.05) is 19.7 Å². The number of anilines is 1. The van der Waals surface area contributed by atoms with Crippen molar-refractivity contribution in [2.24, 2.45) is 5.73 Å². The third kappa shape index (κ3) is 3.92. The summed E-state index contributed by atoms with van der Waals surface area (Å²) in [5, 5.41) is 0. The van der Waals surface area contributed by atoms with Gasteiger partial charge in [-0.05, 0) is 31.2 Å². The lowest BCUT2D eigenvalue weighted by Gasteiger charge is -2.16. The molecule has 0 atom stereocenters. The van der Waals surface area contributed by atoms with E-state index in [0.29, 0.717) is 35.4 Å². The standard InChI is InChI=1S/C14H18N4O3S/c1-10-16-11(9-15)8-14(17-10)21-13-6-4-12(5-7-13)18(2)22(3,19)20/h4-8H,9,15H2,1-3H3. The predicted octanol–water partition coefficient (Wildman–Crippen LogP) is 1.43. The molecule has 1 aromatic heterocycles. The van der Waals surface area contributed by atoms with Gasteiger partial charge in [-0.1, -0.05) is 0 Å². The van der Waals surface area contributed by atoms with Crippen LogP contribution >= 0.6 is 0 Å². The first-order valence-electron chi connectivity index (χ1n) is 6.56. The average molecular weight is 322 g/mol. The van der Waals surface area contributed by atoms with Gasteiger partial charge in [-0.15, -0.1) is 0 Å². The molecule has 0 aliphatic rings. The molecule has 0 unspecified atom stereocenters. The Hall–Kier alpha value is -2.19. The molecule has 7 nitrogen and oxygen atoms in total. The summed E-state index contributed by atoms with van der Waals surface area (Å²) in [6, 6.07) is 8.35. The van der Waals surface area contributed by atoms with Crippen LogP contribution in [0.25, 0.3) is 0 Å². The second kappa shape index (κ2) is 6.29. The molecule has 0 spiro atoms. The summed E-state index contributed by atoms with van der Waals surface area (Å²) in [5.41, 5.74) is 6.81. The van der Waals surface area contributed by atoms with Gasteiger partial charge in [0.05, 0.1) is 17.6 Å². The molecule has 22 heavy (non-hydrogen) atoms. The molecule has 0 fully saturated rings. The van der Waals surface area contributed by atoms with Gasteiger partial charge in [-0.2, -0.15) is 4.98 Å². The first kappa shape index (κ1) is 16.2. The number of aromatic nitrogens is 2. The van der Waals surface area contributed by atoms with E-state index in [9.17, 15) is 8.42 Å². The quantitative estimate of drug-likeness (QED) is 0.894. The third-order valence-corrected chi connectivity index (χ3v) is 4.20. The van der Waals surface area contributed by atoms with Gasteiger partial charge in [-0.25, -0.2) is 13.4 Å². The van der Waals surface area contributed by atoms with E-state index in [1.165, 1.54) is 11.4 Å². The zero-order chi connectivity index (χ0) is 16.3. The molecule has 0 radical (unpaired) electrons. The minimum atomic E-state index is -3.28. The van der Waals surface area contributed by atoms with Crippen molar-refractivity contribution in [1.82, 2.24) is 9.97 Å². The summed E-state index contributed by atoms with van der Waals surface area (Å²) < 4.78 is 29.8. The van der Waals surface area contributed by atoms with Crippen molar-refractivity contribution < 1.29 is 13.2 Å². The highest BCUT2D eigenvalue weighted by molar-refractivity contribution is 7.92. The number of benzene rings is 1. The van der Waals surface area contributed by atoms with Gasteiger partial charge in [0.15, 0.2) is 0 Å². The molecule has 0 aliphatic carbocycles. The fraction of sp³-hybridized carbons (Fsp3) is 0.286. The van der Waals surface area contributed by atoms with Crippen LogP contribution in [0.5, 0.6) is 11.6 Å². The Labute approximate surface area is 129 Å². The van der Waals surface area contributed by atoms with Crippen LogP contribution in [0.4, 0.5) is 5.69 Å². The molecule has 8 heteroatoms. The van der Waals surface area contributed by atoms with Crippen molar-refractivity contribution in [3.63, 3.8) is 0 Å². The fourth-order valence-electron chi connectivity index (χ4n) is 1.79. The Morgan fingerprint density at radius 2 is 1.86 bits per heavy atom. The molecular weight excluding hydrogens is 304 g/mol. The van der Waals surface area contributed by atoms with Gasteiger partial charge >= 0.3 is 0 Å². The fourth-order valence-corrected chi connectivity index (χ4v) is 2.30. The second-order valence-corrected chi connectivity index (χ2v) is 6.79. The number of ether oxygens (including phenoxy) is 1. The lowest BCUT2D eigenvalue weighted by Crippen LogP contribution is -2.24. The summed E-state index contributed by atoms with van der Waals surface area (Å²) in [6.45, 7) is 2.06. The van der Waals surface area contributed by atoms with Gasteiger partial charge in [-0.3, -0.25) is 4.31 Å². The van der Waals surface area contributed by atoms with Crippen LogP contribution in [-0.4, -0.2) is 31.7 Å². The number of rotatable bonds is 5. The largest absolute Gasteiger partial charge is 0.439 e. The first-order valence-corrected chi connectivity index (χ1v) is 8.41. The monoisotopic (exact) mass is 322 g/mol. The van der Waals surface area contributed by atoms with E-state index in [4.69, 9.17) is 10.5 Å². The molecule has 1 heterocycles. The summed E-state index contributed by atoms with van der Waals surface area (Å²) in [6.07, 6.45) is 1.15. The molecule has 2 aromatic rings. The number of nitrogens with zero attached hydrogens (tertiary/aromatic N) is 3. The van der Waals surface area contributed by atoms with Crippen LogP contribution in [-0.2, 0) is 16.6 Å². The van der Waals surface area contributed by atoms with E-state index in [-0.39, 0.29) is 0 Å². The van der Waals surface area contributed by atoms with Crippen molar-refractivity contribution in [2.45, 2.75) is 13.5 Å². The molecule has 0 bridgehead atoms. The minimum absolute atomic E-state index is 0.303. The molecule has 118 valence electrons. The van der Waals surface area contributed by atoms with Crippen molar-refractivity contribution in [3.05, 3.63) is 41.9 Å². The van der Waals surface area contributed by atoms with Gasteiger partial charge in [0.25, 0.3) is 0 Å². The summed E-state index contributed by atoms with van der Waals surface area (Å²) >= 11 is 0. The molecular formula is C14H18N4O3S. The van der Waals surface area contributed by atoms with Gasteiger partial charge in [0.1, 0.15) is 11.6 Å². The van der Waals surface area contributed by atoms with Crippen molar-refractivity contribution >= 4 is 15.7 Å². The minimum Gasteiger partial charge on any atom is -0.439 e. The van der Waals surface area contributed by atoms with Gasteiger partial charge < -0.3 is 10.5 Å². The molecule has 2 N–H and O–H groups in total. The third-order valence-electron chi connectivity index (χ3n) is 3.00. The Morgan fingerprint density at radius 1 is 1.23 bits per heavy atom. The zero-order valence-corrected chi connectivity index (χ0v) is 13.5. The Kier molecular flexibility index (Phi) is 4.62. The number of hydrogen-bond donors (Lipinski definition) is 1. The summed E-state index contributed by atoms with van der Waals surface area (Å²) in [7, 11) is -1.79. The van der Waals surface area contributed by atoms with E-state index in [1.54, 1.807) is 37.3 Å². The number of nitrogens with two attached hydrogens (primary N) is 1. The van der Waals surface area contributed by atoms with E-state index in [0.717, 1.165) is 6.26 Å². The van der Waals surface area contributed by atoms with E-state index in [1.807, 2.05) is 0 Å². The smallest absolute Gasteiger partial charge is 0.231 e. The van der Waals surface area contributed by atoms with Crippen LogP contribution in [0.15, 0.2) is 30.3 Å². The molecule has 0 saturated carbocycles. The van der Waals surface area contributed by atoms with Gasteiger partial charge in [0.2, 0.25) is 15.9 Å². The van der Waals surface area contributed by atoms with Crippen LogP contribution < -0.4 is 14.8 Å². The molecule has 0 saturated heterocycles. The van der Waals surface area contributed by atoms with E-state index < -0.39 is 10.0 Å². The van der Waals surface area contributed by atoms with Crippen molar-refractivity contribution in [1.29, 1.82) is 0 Å². The maximum Gasteiger partial charge on any atom is 0.231 e. The average Bonchev–Trinajstić information content (AvgIpc) is 2.45. The molecule has 1 aromatic carbocycles. The highest BCUT2D eigenvalue weighted by Gasteiger charge is 2.12.